The predicted octanol–water partition coefficient (Wildman–Crippen LogP) is 1.77. The van der Waals surface area contributed by atoms with Crippen molar-refractivity contribution >= 4 is 5.91 Å². The summed E-state index contributed by atoms with van der Waals surface area (Å²) in [4.78, 5) is 19.3. The van der Waals surface area contributed by atoms with Gasteiger partial charge in [0.05, 0.1) is 13.7 Å². The van der Waals surface area contributed by atoms with Crippen LogP contribution < -0.4 is 10.2 Å². The van der Waals surface area contributed by atoms with E-state index in [9.17, 15) is 4.79 Å². The van der Waals surface area contributed by atoms with Gasteiger partial charge in [0.2, 0.25) is 5.91 Å². The van der Waals surface area contributed by atoms with Crippen LogP contribution in [0.5, 0.6) is 5.75 Å². The second kappa shape index (κ2) is 8.64. The molecule has 0 saturated carbocycles. The van der Waals surface area contributed by atoms with Crippen LogP contribution in [-0.4, -0.2) is 44.2 Å². The van der Waals surface area contributed by atoms with Crippen molar-refractivity contribution in [1.82, 2.24) is 10.4 Å². The molecule has 1 amide bonds. The van der Waals surface area contributed by atoms with Crippen LogP contribution in [-0.2, 0) is 16.1 Å². The van der Waals surface area contributed by atoms with E-state index in [0.29, 0.717) is 19.4 Å². The van der Waals surface area contributed by atoms with Gasteiger partial charge in [0.15, 0.2) is 0 Å². The maximum Gasteiger partial charge on any atom is 0.243 e. The van der Waals surface area contributed by atoms with Gasteiger partial charge in [-0.05, 0) is 44.0 Å². The van der Waals surface area contributed by atoms with Crippen LogP contribution in [0.2, 0.25) is 0 Å². The average molecular weight is 292 g/mol. The molecule has 1 N–H and O–H groups in total. The highest BCUT2D eigenvalue weighted by molar-refractivity contribution is 5.75. The van der Waals surface area contributed by atoms with Crippen molar-refractivity contribution in [3.8, 4) is 5.75 Å². The number of likely N-dealkylation sites (tertiary alicyclic amines) is 1. The Labute approximate surface area is 126 Å². The monoisotopic (exact) mass is 292 g/mol. The molecule has 2 rings (SSSR count). The highest BCUT2D eigenvalue weighted by Crippen LogP contribution is 2.18. The first-order valence-corrected chi connectivity index (χ1v) is 7.54. The van der Waals surface area contributed by atoms with Gasteiger partial charge in [-0.15, -0.1) is 0 Å². The van der Waals surface area contributed by atoms with E-state index in [1.807, 2.05) is 24.3 Å². The molecule has 1 aromatic carbocycles. The molecule has 0 aromatic heterocycles. The highest BCUT2D eigenvalue weighted by Gasteiger charge is 2.11. The SMILES string of the molecule is COc1ccccc1CCC(=O)NOCCN1CCCC1. The highest BCUT2D eigenvalue weighted by atomic mass is 16.6. The molecule has 21 heavy (non-hydrogen) atoms. The van der Waals surface area contributed by atoms with Crippen LogP contribution in [0.4, 0.5) is 0 Å². The summed E-state index contributed by atoms with van der Waals surface area (Å²) in [6, 6.07) is 7.74. The van der Waals surface area contributed by atoms with Gasteiger partial charge in [-0.2, -0.15) is 0 Å². The number of nitrogens with zero attached hydrogens (tertiary/aromatic N) is 1. The second-order valence-corrected chi connectivity index (χ2v) is 5.23. The summed E-state index contributed by atoms with van der Waals surface area (Å²) in [5, 5.41) is 0. The van der Waals surface area contributed by atoms with Gasteiger partial charge in [-0.3, -0.25) is 9.63 Å². The molecule has 0 radical (unpaired) electrons. The van der Waals surface area contributed by atoms with Gasteiger partial charge < -0.3 is 9.64 Å². The standard InChI is InChI=1S/C16H24N2O3/c1-20-15-7-3-2-6-14(15)8-9-16(19)17-21-13-12-18-10-4-5-11-18/h2-3,6-7H,4-5,8-13H2,1H3,(H,17,19). The molecule has 1 aliphatic heterocycles. The Morgan fingerprint density at radius 3 is 2.81 bits per heavy atom. The Balaban J connectivity index is 1.60. The Morgan fingerprint density at radius 1 is 1.29 bits per heavy atom. The summed E-state index contributed by atoms with van der Waals surface area (Å²) in [6.07, 6.45) is 3.58. The first-order chi connectivity index (χ1) is 10.3. The van der Waals surface area contributed by atoms with E-state index >= 15 is 0 Å². The topological polar surface area (TPSA) is 50.8 Å². The van der Waals surface area contributed by atoms with Gasteiger partial charge >= 0.3 is 0 Å². The van der Waals surface area contributed by atoms with Crippen molar-refractivity contribution in [1.29, 1.82) is 0 Å². The van der Waals surface area contributed by atoms with Crippen molar-refractivity contribution in [3.63, 3.8) is 0 Å². The molecule has 0 aliphatic carbocycles. The Kier molecular flexibility index (Phi) is 6.50. The molecule has 0 bridgehead atoms. The summed E-state index contributed by atoms with van der Waals surface area (Å²) in [6.45, 7) is 3.71. The molecular formula is C16H24N2O3. The average Bonchev–Trinajstić information content (AvgIpc) is 3.03. The number of methoxy groups -OCH3 is 1. The summed E-state index contributed by atoms with van der Waals surface area (Å²) in [7, 11) is 1.64. The van der Waals surface area contributed by atoms with E-state index in [1.165, 1.54) is 12.8 Å². The lowest BCUT2D eigenvalue weighted by atomic mass is 10.1. The minimum Gasteiger partial charge on any atom is -0.496 e. The first-order valence-electron chi connectivity index (χ1n) is 7.54. The molecule has 1 aromatic rings. The number of hydrogen-bond donors (Lipinski definition) is 1. The number of carbonyl (C=O) groups is 1. The zero-order chi connectivity index (χ0) is 14.9. The zero-order valence-corrected chi connectivity index (χ0v) is 12.6. The summed E-state index contributed by atoms with van der Waals surface area (Å²) >= 11 is 0. The number of aryl methyl sites for hydroxylation is 1. The van der Waals surface area contributed by atoms with E-state index < -0.39 is 0 Å². The lowest BCUT2D eigenvalue weighted by Gasteiger charge is -2.14. The van der Waals surface area contributed by atoms with Gasteiger partial charge in [-0.1, -0.05) is 18.2 Å². The molecule has 5 nitrogen and oxygen atoms in total. The maximum absolute atomic E-state index is 11.7. The summed E-state index contributed by atoms with van der Waals surface area (Å²) < 4.78 is 5.26. The predicted molar refractivity (Wildman–Crippen MR) is 81.1 cm³/mol. The van der Waals surface area contributed by atoms with E-state index in [4.69, 9.17) is 9.57 Å². The molecule has 116 valence electrons. The third-order valence-electron chi connectivity index (χ3n) is 3.71. The molecule has 0 spiro atoms. The molecule has 0 atom stereocenters. The fourth-order valence-corrected chi connectivity index (χ4v) is 2.52. The van der Waals surface area contributed by atoms with E-state index in [0.717, 1.165) is 30.9 Å². The van der Waals surface area contributed by atoms with Crippen LogP contribution in [0.25, 0.3) is 0 Å². The maximum atomic E-state index is 11.7. The van der Waals surface area contributed by atoms with Crippen molar-refractivity contribution in [2.75, 3.05) is 33.4 Å². The van der Waals surface area contributed by atoms with Crippen LogP contribution in [0.1, 0.15) is 24.8 Å². The van der Waals surface area contributed by atoms with Gasteiger partial charge in [0.1, 0.15) is 5.75 Å². The molecule has 1 fully saturated rings. The van der Waals surface area contributed by atoms with Crippen LogP contribution >= 0.6 is 0 Å². The molecule has 1 heterocycles. The zero-order valence-electron chi connectivity index (χ0n) is 12.6. The molecule has 5 heteroatoms. The number of hydroxylamine groups is 1. The first kappa shape index (κ1) is 15.8. The van der Waals surface area contributed by atoms with Crippen molar-refractivity contribution in [2.24, 2.45) is 0 Å². The lowest BCUT2D eigenvalue weighted by molar-refractivity contribution is -0.133. The number of amides is 1. The van der Waals surface area contributed by atoms with E-state index in [2.05, 4.69) is 10.4 Å². The van der Waals surface area contributed by atoms with Crippen molar-refractivity contribution in [3.05, 3.63) is 29.8 Å². The second-order valence-electron chi connectivity index (χ2n) is 5.23. The molecule has 1 aliphatic rings. The Morgan fingerprint density at radius 2 is 2.05 bits per heavy atom. The molecule has 0 unspecified atom stereocenters. The van der Waals surface area contributed by atoms with Gasteiger partial charge in [-0.25, -0.2) is 5.48 Å². The molecule has 1 saturated heterocycles. The van der Waals surface area contributed by atoms with Crippen molar-refractivity contribution < 1.29 is 14.4 Å². The Bertz CT molecular complexity index is 445. The Hall–Kier alpha value is -1.59. The number of ether oxygens (including phenoxy) is 1. The fourth-order valence-electron chi connectivity index (χ4n) is 2.52. The van der Waals surface area contributed by atoms with E-state index in [-0.39, 0.29) is 5.91 Å². The number of nitrogens with one attached hydrogen (secondary N) is 1. The van der Waals surface area contributed by atoms with Crippen LogP contribution in [0, 0.1) is 0 Å². The normalized spacial score (nSPS) is 15.1. The third-order valence-corrected chi connectivity index (χ3v) is 3.71. The minimum absolute atomic E-state index is 0.0951. The number of carbonyl (C=O) groups excluding carboxylic acids is 1. The fraction of sp³-hybridized carbons (Fsp3) is 0.562. The van der Waals surface area contributed by atoms with Crippen molar-refractivity contribution in [2.45, 2.75) is 25.7 Å². The van der Waals surface area contributed by atoms with E-state index in [1.54, 1.807) is 7.11 Å². The number of benzene rings is 1. The third kappa shape index (κ3) is 5.36. The number of para-hydroxylation sites is 1. The molecular weight excluding hydrogens is 268 g/mol. The van der Waals surface area contributed by atoms with Crippen LogP contribution in [0.15, 0.2) is 24.3 Å². The number of hydrogen-bond acceptors (Lipinski definition) is 4. The summed E-state index contributed by atoms with van der Waals surface area (Å²) in [5.41, 5.74) is 3.54. The summed E-state index contributed by atoms with van der Waals surface area (Å²) in [5.74, 6) is 0.725. The smallest absolute Gasteiger partial charge is 0.243 e. The van der Waals surface area contributed by atoms with Gasteiger partial charge in [0, 0.05) is 13.0 Å². The quantitative estimate of drug-likeness (QED) is 0.586. The van der Waals surface area contributed by atoms with Crippen LogP contribution in [0.3, 0.4) is 0 Å². The minimum atomic E-state index is -0.0951. The largest absolute Gasteiger partial charge is 0.496 e. The number of rotatable bonds is 8. The lowest BCUT2D eigenvalue weighted by Crippen LogP contribution is -2.30. The van der Waals surface area contributed by atoms with Gasteiger partial charge in [0.25, 0.3) is 0 Å².